The van der Waals surface area contributed by atoms with Crippen LogP contribution in [-0.2, 0) is 6.54 Å². The molecule has 0 amide bonds. The molecule has 0 aliphatic rings. The Balaban J connectivity index is 2.22. The molecule has 21 heavy (non-hydrogen) atoms. The summed E-state index contributed by atoms with van der Waals surface area (Å²) in [6.45, 7) is 7.01. The van der Waals surface area contributed by atoms with Gasteiger partial charge in [-0.1, -0.05) is 17.7 Å². The first-order valence-electron chi connectivity index (χ1n) is 6.80. The third-order valence-electron chi connectivity index (χ3n) is 3.57. The molecule has 2 aromatic carbocycles. The Kier molecular flexibility index (Phi) is 4.26. The van der Waals surface area contributed by atoms with Crippen molar-refractivity contribution in [2.75, 3.05) is 5.32 Å². The second-order valence-electron chi connectivity index (χ2n) is 5.21. The summed E-state index contributed by atoms with van der Waals surface area (Å²) in [5, 5.41) is 21.3. The lowest BCUT2D eigenvalue weighted by Gasteiger charge is -2.13. The SMILES string of the molecule is Cc1cc(C)c(CNc2ccc(C#N)c(C#N)c2)c(C)c1. The van der Waals surface area contributed by atoms with Crippen LogP contribution in [0, 0.1) is 43.4 Å². The molecule has 0 bridgehead atoms. The minimum absolute atomic E-state index is 0.403. The maximum Gasteiger partial charge on any atom is 0.101 e. The molecule has 3 heteroatoms. The zero-order chi connectivity index (χ0) is 15.4. The average molecular weight is 275 g/mol. The van der Waals surface area contributed by atoms with Crippen LogP contribution in [0.5, 0.6) is 0 Å². The van der Waals surface area contributed by atoms with E-state index in [1.807, 2.05) is 12.1 Å². The lowest BCUT2D eigenvalue weighted by molar-refractivity contribution is 1.08. The van der Waals surface area contributed by atoms with Gasteiger partial charge in [0.25, 0.3) is 0 Å². The fraction of sp³-hybridized carbons (Fsp3) is 0.222. The van der Waals surface area contributed by atoms with E-state index in [0.29, 0.717) is 17.7 Å². The van der Waals surface area contributed by atoms with E-state index >= 15 is 0 Å². The number of hydrogen-bond acceptors (Lipinski definition) is 3. The molecule has 0 atom stereocenters. The summed E-state index contributed by atoms with van der Waals surface area (Å²) in [6.07, 6.45) is 0. The molecule has 0 saturated carbocycles. The second kappa shape index (κ2) is 6.11. The monoisotopic (exact) mass is 275 g/mol. The van der Waals surface area contributed by atoms with Gasteiger partial charge in [-0.25, -0.2) is 0 Å². The van der Waals surface area contributed by atoms with Crippen molar-refractivity contribution in [1.82, 2.24) is 0 Å². The highest BCUT2D eigenvalue weighted by Crippen LogP contribution is 2.20. The maximum atomic E-state index is 9.05. The summed E-state index contributed by atoms with van der Waals surface area (Å²) >= 11 is 0. The largest absolute Gasteiger partial charge is 0.381 e. The van der Waals surface area contributed by atoms with Gasteiger partial charge in [-0.2, -0.15) is 10.5 Å². The molecule has 0 aromatic heterocycles. The average Bonchev–Trinajstić information content (AvgIpc) is 2.45. The highest BCUT2D eigenvalue weighted by Gasteiger charge is 2.06. The molecular weight excluding hydrogens is 258 g/mol. The molecule has 0 aliphatic carbocycles. The van der Waals surface area contributed by atoms with Crippen LogP contribution in [-0.4, -0.2) is 0 Å². The molecule has 0 fully saturated rings. The first kappa shape index (κ1) is 14.6. The quantitative estimate of drug-likeness (QED) is 0.922. The van der Waals surface area contributed by atoms with Crippen molar-refractivity contribution >= 4 is 5.69 Å². The van der Waals surface area contributed by atoms with Crippen molar-refractivity contribution in [3.05, 3.63) is 63.7 Å². The normalized spacial score (nSPS) is 9.76. The highest BCUT2D eigenvalue weighted by atomic mass is 14.9. The Morgan fingerprint density at radius 2 is 1.52 bits per heavy atom. The number of rotatable bonds is 3. The van der Waals surface area contributed by atoms with E-state index in [4.69, 9.17) is 10.5 Å². The van der Waals surface area contributed by atoms with E-state index < -0.39 is 0 Å². The highest BCUT2D eigenvalue weighted by molar-refractivity contribution is 5.56. The van der Waals surface area contributed by atoms with E-state index in [1.54, 1.807) is 12.1 Å². The van der Waals surface area contributed by atoms with Gasteiger partial charge in [-0.05, 0) is 55.7 Å². The molecule has 2 rings (SSSR count). The van der Waals surface area contributed by atoms with Gasteiger partial charge in [-0.3, -0.25) is 0 Å². The standard InChI is InChI=1S/C18H17N3/c1-12-6-13(2)18(14(3)7-12)11-21-17-5-4-15(9-19)16(8-17)10-20/h4-8,21H,11H2,1-3H3. The van der Waals surface area contributed by atoms with E-state index in [1.165, 1.54) is 22.3 Å². The van der Waals surface area contributed by atoms with Gasteiger partial charge < -0.3 is 5.32 Å². The maximum absolute atomic E-state index is 9.05. The van der Waals surface area contributed by atoms with Gasteiger partial charge in [0.15, 0.2) is 0 Å². The number of nitrogens with one attached hydrogen (secondary N) is 1. The zero-order valence-corrected chi connectivity index (χ0v) is 12.5. The second-order valence-corrected chi connectivity index (χ2v) is 5.21. The van der Waals surface area contributed by atoms with E-state index in [0.717, 1.165) is 5.69 Å². The first-order chi connectivity index (χ1) is 10.0. The van der Waals surface area contributed by atoms with Crippen molar-refractivity contribution in [3.63, 3.8) is 0 Å². The minimum Gasteiger partial charge on any atom is -0.381 e. The molecule has 1 N–H and O–H groups in total. The minimum atomic E-state index is 0.403. The number of nitriles is 2. The number of hydrogen-bond donors (Lipinski definition) is 1. The van der Waals surface area contributed by atoms with Gasteiger partial charge in [0.05, 0.1) is 11.1 Å². The third kappa shape index (κ3) is 3.22. The summed E-state index contributed by atoms with van der Waals surface area (Å²) in [5.41, 5.74) is 6.71. The third-order valence-corrected chi connectivity index (χ3v) is 3.57. The smallest absolute Gasteiger partial charge is 0.101 e. The molecule has 0 heterocycles. The Hall–Kier alpha value is -2.78. The Bertz CT molecular complexity index is 738. The van der Waals surface area contributed by atoms with E-state index in [-0.39, 0.29) is 0 Å². The van der Waals surface area contributed by atoms with Crippen LogP contribution in [0.2, 0.25) is 0 Å². The summed E-state index contributed by atoms with van der Waals surface area (Å²) < 4.78 is 0. The number of benzene rings is 2. The van der Waals surface area contributed by atoms with Crippen LogP contribution in [0.1, 0.15) is 33.4 Å². The molecule has 0 saturated heterocycles. The van der Waals surface area contributed by atoms with Gasteiger partial charge in [0, 0.05) is 12.2 Å². The summed E-state index contributed by atoms with van der Waals surface area (Å²) in [4.78, 5) is 0. The van der Waals surface area contributed by atoms with Crippen molar-refractivity contribution in [3.8, 4) is 12.1 Å². The van der Waals surface area contributed by atoms with Crippen LogP contribution < -0.4 is 5.32 Å². The molecule has 0 spiro atoms. The summed E-state index contributed by atoms with van der Waals surface area (Å²) in [6, 6.07) is 13.6. The fourth-order valence-electron chi connectivity index (χ4n) is 2.52. The van der Waals surface area contributed by atoms with Crippen molar-refractivity contribution in [2.24, 2.45) is 0 Å². The summed E-state index contributed by atoms with van der Waals surface area (Å²) in [5.74, 6) is 0. The lowest BCUT2D eigenvalue weighted by Crippen LogP contribution is -2.04. The lowest BCUT2D eigenvalue weighted by atomic mass is 9.99. The topological polar surface area (TPSA) is 59.6 Å². The van der Waals surface area contributed by atoms with Gasteiger partial charge in [0.2, 0.25) is 0 Å². The Morgan fingerprint density at radius 3 is 2.10 bits per heavy atom. The number of nitrogens with zero attached hydrogens (tertiary/aromatic N) is 2. The molecule has 0 unspecified atom stereocenters. The molecular formula is C18H17N3. The van der Waals surface area contributed by atoms with E-state index in [9.17, 15) is 0 Å². The first-order valence-corrected chi connectivity index (χ1v) is 6.80. The predicted molar refractivity (Wildman–Crippen MR) is 83.9 cm³/mol. The molecule has 0 radical (unpaired) electrons. The number of anilines is 1. The predicted octanol–water partition coefficient (Wildman–Crippen LogP) is 3.97. The van der Waals surface area contributed by atoms with Crippen LogP contribution in [0.15, 0.2) is 30.3 Å². The summed E-state index contributed by atoms with van der Waals surface area (Å²) in [7, 11) is 0. The molecule has 3 nitrogen and oxygen atoms in total. The molecule has 2 aromatic rings. The molecule has 0 aliphatic heterocycles. The van der Waals surface area contributed by atoms with Crippen LogP contribution in [0.3, 0.4) is 0 Å². The fourth-order valence-corrected chi connectivity index (χ4v) is 2.52. The Morgan fingerprint density at radius 1 is 0.905 bits per heavy atom. The van der Waals surface area contributed by atoms with Gasteiger partial charge in [0.1, 0.15) is 12.1 Å². The van der Waals surface area contributed by atoms with E-state index in [2.05, 4.69) is 44.3 Å². The van der Waals surface area contributed by atoms with Crippen LogP contribution in [0.4, 0.5) is 5.69 Å². The van der Waals surface area contributed by atoms with Gasteiger partial charge in [-0.15, -0.1) is 0 Å². The van der Waals surface area contributed by atoms with Crippen molar-refractivity contribution in [1.29, 1.82) is 10.5 Å². The molecule has 104 valence electrons. The van der Waals surface area contributed by atoms with Crippen LogP contribution >= 0.6 is 0 Å². The van der Waals surface area contributed by atoms with Gasteiger partial charge >= 0.3 is 0 Å². The Labute approximate surface area is 125 Å². The zero-order valence-electron chi connectivity index (χ0n) is 12.5. The van der Waals surface area contributed by atoms with Crippen molar-refractivity contribution in [2.45, 2.75) is 27.3 Å². The number of aryl methyl sites for hydroxylation is 3. The van der Waals surface area contributed by atoms with Crippen LogP contribution in [0.25, 0.3) is 0 Å². The van der Waals surface area contributed by atoms with Crippen molar-refractivity contribution < 1.29 is 0 Å².